The van der Waals surface area contributed by atoms with E-state index < -0.39 is 5.97 Å². The Bertz CT molecular complexity index is 985. The average molecular weight is 424 g/mol. The summed E-state index contributed by atoms with van der Waals surface area (Å²) in [4.78, 5) is 13.7. The highest BCUT2D eigenvalue weighted by molar-refractivity contribution is 5.90. The van der Waals surface area contributed by atoms with Gasteiger partial charge in [-0.2, -0.15) is 0 Å². The number of halogens is 1. The Morgan fingerprint density at radius 1 is 1.23 bits per heavy atom. The Labute approximate surface area is 183 Å². The molecule has 1 saturated heterocycles. The number of rotatable bonds is 7. The van der Waals surface area contributed by atoms with Crippen molar-refractivity contribution in [2.75, 3.05) is 26.3 Å². The van der Waals surface area contributed by atoms with Crippen molar-refractivity contribution in [3.05, 3.63) is 70.3 Å². The highest BCUT2D eigenvalue weighted by Crippen LogP contribution is 2.35. The number of likely N-dealkylation sites (tertiary alicyclic amines) is 1. The molecule has 0 amide bonds. The normalized spacial score (nSPS) is 18.9. The lowest BCUT2D eigenvalue weighted by Crippen LogP contribution is -2.26. The molecule has 0 radical (unpaired) electrons. The third-order valence-electron chi connectivity index (χ3n) is 6.28. The molecule has 1 aliphatic carbocycles. The maximum Gasteiger partial charge on any atom is 0.335 e. The maximum atomic E-state index is 12.5. The highest BCUT2D eigenvalue weighted by Gasteiger charge is 2.24. The van der Waals surface area contributed by atoms with Crippen LogP contribution in [0.5, 0.6) is 5.75 Å². The predicted molar refractivity (Wildman–Crippen MR) is 121 cm³/mol. The van der Waals surface area contributed by atoms with Gasteiger partial charge in [-0.3, -0.25) is 9.29 Å². The number of allylic oxidation sites excluding steroid dienone is 1. The first-order valence-electron chi connectivity index (χ1n) is 11.2. The highest BCUT2D eigenvalue weighted by atomic mass is 19.1. The van der Waals surface area contributed by atoms with Gasteiger partial charge in [-0.25, -0.2) is 4.79 Å². The number of carbonyl (C=O) groups is 1. The van der Waals surface area contributed by atoms with E-state index in [9.17, 15) is 14.3 Å². The van der Waals surface area contributed by atoms with Crippen molar-refractivity contribution in [3.63, 3.8) is 0 Å². The SMILES string of the molecule is Cc1ccc(O[C@@H]2CCN(CCCF)C2)cc1C1=CCCCc2cc(C(=O)O)ccc21. The second-order valence-electron chi connectivity index (χ2n) is 8.54. The van der Waals surface area contributed by atoms with Gasteiger partial charge in [0.25, 0.3) is 0 Å². The van der Waals surface area contributed by atoms with Gasteiger partial charge in [-0.15, -0.1) is 0 Å². The van der Waals surface area contributed by atoms with E-state index >= 15 is 0 Å². The number of alkyl halides is 1. The number of aryl methyl sites for hydroxylation is 2. The lowest BCUT2D eigenvalue weighted by molar-refractivity contribution is 0.0696. The minimum absolute atomic E-state index is 0.128. The average Bonchev–Trinajstić information content (AvgIpc) is 3.10. The first-order valence-corrected chi connectivity index (χ1v) is 11.2. The van der Waals surface area contributed by atoms with Crippen LogP contribution in [0.2, 0.25) is 0 Å². The van der Waals surface area contributed by atoms with Gasteiger partial charge in [-0.1, -0.05) is 18.2 Å². The molecule has 0 bridgehead atoms. The summed E-state index contributed by atoms with van der Waals surface area (Å²) in [5, 5.41) is 9.37. The number of hydrogen-bond acceptors (Lipinski definition) is 3. The van der Waals surface area contributed by atoms with Crippen LogP contribution in [0.4, 0.5) is 4.39 Å². The molecule has 1 heterocycles. The summed E-state index contributed by atoms with van der Waals surface area (Å²) >= 11 is 0. The molecule has 5 heteroatoms. The van der Waals surface area contributed by atoms with E-state index in [2.05, 4.69) is 30.0 Å². The summed E-state index contributed by atoms with van der Waals surface area (Å²) in [5.41, 5.74) is 6.01. The van der Waals surface area contributed by atoms with Crippen LogP contribution in [0.3, 0.4) is 0 Å². The molecule has 1 atom stereocenters. The van der Waals surface area contributed by atoms with Crippen molar-refractivity contribution in [2.45, 2.75) is 45.1 Å². The molecule has 0 aromatic heterocycles. The fourth-order valence-corrected chi connectivity index (χ4v) is 4.64. The lowest BCUT2D eigenvalue weighted by atomic mass is 9.90. The van der Waals surface area contributed by atoms with Crippen molar-refractivity contribution >= 4 is 11.5 Å². The molecular formula is C26H30FNO3. The maximum absolute atomic E-state index is 12.5. The van der Waals surface area contributed by atoms with Crippen LogP contribution in [0, 0.1) is 6.92 Å². The molecular weight excluding hydrogens is 393 g/mol. The molecule has 0 saturated carbocycles. The van der Waals surface area contributed by atoms with Crippen molar-refractivity contribution in [1.82, 2.24) is 4.90 Å². The summed E-state index contributed by atoms with van der Waals surface area (Å²) < 4.78 is 18.8. The van der Waals surface area contributed by atoms with Crippen molar-refractivity contribution < 1.29 is 19.0 Å². The molecule has 1 fully saturated rings. The second-order valence-corrected chi connectivity index (χ2v) is 8.54. The second kappa shape index (κ2) is 9.65. The number of benzene rings is 2. The molecule has 31 heavy (non-hydrogen) atoms. The molecule has 4 nitrogen and oxygen atoms in total. The largest absolute Gasteiger partial charge is 0.489 e. The third-order valence-corrected chi connectivity index (χ3v) is 6.28. The van der Waals surface area contributed by atoms with E-state index in [0.29, 0.717) is 12.0 Å². The predicted octanol–water partition coefficient (Wildman–Crippen LogP) is 5.27. The minimum atomic E-state index is -0.888. The molecule has 0 spiro atoms. The summed E-state index contributed by atoms with van der Waals surface area (Å²) in [6.45, 7) is 4.41. The van der Waals surface area contributed by atoms with Crippen molar-refractivity contribution in [3.8, 4) is 5.75 Å². The molecule has 1 aliphatic heterocycles. The Morgan fingerprint density at radius 2 is 2.10 bits per heavy atom. The Hall–Kier alpha value is -2.66. The van der Waals surface area contributed by atoms with Gasteiger partial charge in [0.15, 0.2) is 0 Å². The van der Waals surface area contributed by atoms with Gasteiger partial charge in [0.05, 0.1) is 12.2 Å². The summed E-state index contributed by atoms with van der Waals surface area (Å²) in [5.74, 6) is -0.0342. The Morgan fingerprint density at radius 3 is 2.90 bits per heavy atom. The third kappa shape index (κ3) is 4.99. The number of fused-ring (bicyclic) bond motifs is 1. The van der Waals surface area contributed by atoms with Gasteiger partial charge >= 0.3 is 5.97 Å². The van der Waals surface area contributed by atoms with Gasteiger partial charge < -0.3 is 9.84 Å². The van der Waals surface area contributed by atoms with E-state index in [4.69, 9.17) is 4.74 Å². The number of nitrogens with zero attached hydrogens (tertiary/aromatic N) is 1. The summed E-state index contributed by atoms with van der Waals surface area (Å²) in [6, 6.07) is 11.7. The van der Waals surface area contributed by atoms with Crippen molar-refractivity contribution in [2.24, 2.45) is 0 Å². The number of carboxylic acids is 1. The van der Waals surface area contributed by atoms with Crippen LogP contribution in [0.1, 0.15) is 58.3 Å². The van der Waals surface area contributed by atoms with E-state index in [1.165, 1.54) is 5.56 Å². The lowest BCUT2D eigenvalue weighted by Gasteiger charge is -2.19. The van der Waals surface area contributed by atoms with E-state index in [0.717, 1.165) is 73.3 Å². The Kier molecular flexibility index (Phi) is 6.71. The zero-order valence-corrected chi connectivity index (χ0v) is 18.1. The zero-order chi connectivity index (χ0) is 21.8. The van der Waals surface area contributed by atoms with Gasteiger partial charge in [0, 0.05) is 19.6 Å². The van der Waals surface area contributed by atoms with Gasteiger partial charge in [-0.05, 0) is 91.1 Å². The molecule has 2 aromatic rings. The van der Waals surface area contributed by atoms with Crippen LogP contribution in [0.15, 0.2) is 42.5 Å². The van der Waals surface area contributed by atoms with Crippen LogP contribution < -0.4 is 4.74 Å². The van der Waals surface area contributed by atoms with E-state index in [-0.39, 0.29) is 12.8 Å². The first-order chi connectivity index (χ1) is 15.0. The molecule has 2 aromatic carbocycles. The van der Waals surface area contributed by atoms with E-state index in [1.807, 2.05) is 18.2 Å². The Balaban J connectivity index is 1.58. The number of hydrogen-bond donors (Lipinski definition) is 1. The summed E-state index contributed by atoms with van der Waals surface area (Å²) in [7, 11) is 0. The van der Waals surface area contributed by atoms with Crippen molar-refractivity contribution in [1.29, 1.82) is 0 Å². The number of carboxylic acid groups (broad SMARTS) is 1. The fraction of sp³-hybridized carbons (Fsp3) is 0.423. The zero-order valence-electron chi connectivity index (χ0n) is 18.1. The van der Waals surface area contributed by atoms with Crippen LogP contribution >= 0.6 is 0 Å². The first kappa shape index (κ1) is 21.6. The molecule has 4 rings (SSSR count). The quantitative estimate of drug-likeness (QED) is 0.659. The molecule has 0 unspecified atom stereocenters. The van der Waals surface area contributed by atoms with Crippen LogP contribution in [0.25, 0.3) is 5.57 Å². The fourth-order valence-electron chi connectivity index (χ4n) is 4.64. The van der Waals surface area contributed by atoms with Gasteiger partial charge in [0.1, 0.15) is 11.9 Å². The van der Waals surface area contributed by atoms with Crippen LogP contribution in [-0.4, -0.2) is 48.4 Å². The smallest absolute Gasteiger partial charge is 0.335 e. The summed E-state index contributed by atoms with van der Waals surface area (Å²) in [6.07, 6.45) is 6.78. The minimum Gasteiger partial charge on any atom is -0.489 e. The standard InChI is InChI=1S/C26H30FNO3/c1-18-7-9-21(31-22-11-14-28(17-22)13-4-12-27)16-25(18)24-6-3-2-5-19-15-20(26(29)30)8-10-23(19)24/h6-10,15-16,22H,2-5,11-14,17H2,1H3,(H,29,30)/t22-/m1/s1. The topological polar surface area (TPSA) is 49.8 Å². The van der Waals surface area contributed by atoms with E-state index in [1.54, 1.807) is 6.07 Å². The number of ether oxygens (including phenoxy) is 1. The van der Waals surface area contributed by atoms with Gasteiger partial charge in [0.2, 0.25) is 0 Å². The molecule has 1 N–H and O–H groups in total. The van der Waals surface area contributed by atoms with Crippen LogP contribution in [-0.2, 0) is 6.42 Å². The number of aromatic carboxylic acids is 1. The molecule has 2 aliphatic rings. The monoisotopic (exact) mass is 423 g/mol. The molecule has 164 valence electrons.